The van der Waals surface area contributed by atoms with Gasteiger partial charge >= 0.3 is 0 Å². The van der Waals surface area contributed by atoms with E-state index in [0.717, 1.165) is 4.47 Å². The molecule has 0 unspecified atom stereocenters. The van der Waals surface area contributed by atoms with Crippen molar-refractivity contribution < 1.29 is 22.4 Å². The highest BCUT2D eigenvalue weighted by molar-refractivity contribution is 9.10. The number of nitrogens with zero attached hydrogens (tertiary/aromatic N) is 2. The molecule has 4 rings (SSSR count). The van der Waals surface area contributed by atoms with E-state index in [1.165, 1.54) is 6.26 Å². The van der Waals surface area contributed by atoms with E-state index in [1.807, 2.05) is 6.92 Å². The summed E-state index contributed by atoms with van der Waals surface area (Å²) < 4.78 is 35.8. The van der Waals surface area contributed by atoms with E-state index in [-0.39, 0.29) is 22.5 Å². The first-order chi connectivity index (χ1) is 16.3. The molecule has 11 heteroatoms. The van der Waals surface area contributed by atoms with Crippen molar-refractivity contribution in [2.45, 2.75) is 36.6 Å². The molecule has 0 saturated carbocycles. The normalized spacial score (nSPS) is 18.6. The second kappa shape index (κ2) is 10.2. The Morgan fingerprint density at radius 3 is 2.41 bits per heavy atom. The van der Waals surface area contributed by atoms with Crippen LogP contribution in [-0.2, 0) is 21.2 Å². The summed E-state index contributed by atoms with van der Waals surface area (Å²) in [6, 6.07) is 8.34. The SMILES string of the molecule is CCc1cc(Br)ccc1S(=O)(=O)NC1(C(=O)N2CCN(C(=O)c3ccco3)CC2)CCNCC1. The minimum absolute atomic E-state index is 0.192. The van der Waals surface area contributed by atoms with Crippen molar-refractivity contribution in [2.24, 2.45) is 0 Å². The summed E-state index contributed by atoms with van der Waals surface area (Å²) in [6.07, 6.45) is 2.71. The van der Waals surface area contributed by atoms with Crippen LogP contribution >= 0.6 is 15.9 Å². The van der Waals surface area contributed by atoms with Crippen LogP contribution in [0.25, 0.3) is 0 Å². The van der Waals surface area contributed by atoms with Gasteiger partial charge in [0.2, 0.25) is 15.9 Å². The van der Waals surface area contributed by atoms with Gasteiger partial charge in [0.25, 0.3) is 5.91 Å². The summed E-state index contributed by atoms with van der Waals surface area (Å²) in [5.74, 6) is -0.182. The van der Waals surface area contributed by atoms with Crippen LogP contribution < -0.4 is 10.0 Å². The molecule has 9 nitrogen and oxygen atoms in total. The number of benzene rings is 1. The molecule has 2 aromatic rings. The maximum absolute atomic E-state index is 13.7. The number of piperazine rings is 1. The number of piperidine rings is 1. The molecule has 0 aliphatic carbocycles. The zero-order valence-electron chi connectivity index (χ0n) is 19.0. The molecule has 2 saturated heterocycles. The second-order valence-electron chi connectivity index (χ2n) is 8.60. The molecule has 0 radical (unpaired) electrons. The third-order valence-electron chi connectivity index (χ3n) is 6.48. The van der Waals surface area contributed by atoms with Crippen molar-refractivity contribution in [2.75, 3.05) is 39.3 Å². The van der Waals surface area contributed by atoms with Crippen LogP contribution in [0.5, 0.6) is 0 Å². The largest absolute Gasteiger partial charge is 0.459 e. The number of aryl methyl sites for hydroxylation is 1. The number of carbonyl (C=O) groups excluding carboxylic acids is 2. The molecule has 184 valence electrons. The molecule has 2 amide bonds. The summed E-state index contributed by atoms with van der Waals surface area (Å²) >= 11 is 3.40. The van der Waals surface area contributed by atoms with E-state index >= 15 is 0 Å². The molecule has 2 fully saturated rings. The van der Waals surface area contributed by atoms with E-state index in [0.29, 0.717) is 64.1 Å². The van der Waals surface area contributed by atoms with E-state index in [1.54, 1.807) is 40.1 Å². The van der Waals surface area contributed by atoms with Gasteiger partial charge in [0, 0.05) is 30.7 Å². The van der Waals surface area contributed by atoms with Gasteiger partial charge in [0.1, 0.15) is 5.54 Å². The molecule has 1 aromatic heterocycles. The molecule has 1 aromatic carbocycles. The van der Waals surface area contributed by atoms with Gasteiger partial charge in [-0.1, -0.05) is 22.9 Å². The Morgan fingerprint density at radius 2 is 1.79 bits per heavy atom. The maximum Gasteiger partial charge on any atom is 0.289 e. The van der Waals surface area contributed by atoms with Gasteiger partial charge in [-0.2, -0.15) is 4.72 Å². The van der Waals surface area contributed by atoms with Crippen molar-refractivity contribution in [3.05, 3.63) is 52.4 Å². The molecular formula is C23H29BrN4O5S. The van der Waals surface area contributed by atoms with Crippen LogP contribution in [0.3, 0.4) is 0 Å². The van der Waals surface area contributed by atoms with E-state index in [9.17, 15) is 18.0 Å². The summed E-state index contributed by atoms with van der Waals surface area (Å²) in [7, 11) is -3.94. The third-order valence-corrected chi connectivity index (χ3v) is 8.61. The number of sulfonamides is 1. The summed E-state index contributed by atoms with van der Waals surface area (Å²) in [5.41, 5.74) is -0.543. The average molecular weight is 553 g/mol. The number of amides is 2. The fraction of sp³-hybridized carbons (Fsp3) is 0.478. The Hall–Kier alpha value is -2.21. The van der Waals surface area contributed by atoms with Crippen molar-refractivity contribution >= 4 is 37.8 Å². The summed E-state index contributed by atoms with van der Waals surface area (Å²) in [5, 5.41) is 3.22. The van der Waals surface area contributed by atoms with E-state index in [2.05, 4.69) is 26.0 Å². The zero-order valence-corrected chi connectivity index (χ0v) is 21.5. The van der Waals surface area contributed by atoms with Crippen molar-refractivity contribution in [1.82, 2.24) is 19.8 Å². The number of furan rings is 1. The fourth-order valence-corrected chi connectivity index (χ4v) is 6.70. The number of carbonyl (C=O) groups is 2. The molecular weight excluding hydrogens is 524 g/mol. The third kappa shape index (κ3) is 5.07. The number of halogens is 1. The Kier molecular flexibility index (Phi) is 7.46. The van der Waals surface area contributed by atoms with Crippen LogP contribution in [0.2, 0.25) is 0 Å². The van der Waals surface area contributed by atoms with Gasteiger partial charge in [0.05, 0.1) is 11.2 Å². The standard InChI is InChI=1S/C23H29BrN4O5S/c1-2-17-16-18(24)5-6-20(17)34(31,32)26-23(7-9-25-10-8-23)22(30)28-13-11-27(12-14-28)21(29)19-4-3-15-33-19/h3-6,15-16,25-26H,2,7-14H2,1H3. The first-order valence-corrected chi connectivity index (χ1v) is 13.7. The maximum atomic E-state index is 13.7. The highest BCUT2D eigenvalue weighted by Crippen LogP contribution is 2.28. The fourth-order valence-electron chi connectivity index (χ4n) is 4.58. The first kappa shape index (κ1) is 24.9. The minimum Gasteiger partial charge on any atom is -0.459 e. The number of hydrogen-bond acceptors (Lipinski definition) is 6. The highest BCUT2D eigenvalue weighted by atomic mass is 79.9. The molecule has 2 aliphatic heterocycles. The lowest BCUT2D eigenvalue weighted by Gasteiger charge is -2.43. The first-order valence-electron chi connectivity index (χ1n) is 11.4. The highest BCUT2D eigenvalue weighted by Gasteiger charge is 2.46. The molecule has 3 heterocycles. The lowest BCUT2D eigenvalue weighted by molar-refractivity contribution is -0.140. The van der Waals surface area contributed by atoms with Gasteiger partial charge in [0.15, 0.2) is 5.76 Å². The predicted octanol–water partition coefficient (Wildman–Crippen LogP) is 1.99. The summed E-state index contributed by atoms with van der Waals surface area (Å²) in [6.45, 7) is 4.35. The van der Waals surface area contributed by atoms with Crippen LogP contribution in [0.4, 0.5) is 0 Å². The molecule has 2 N–H and O–H groups in total. The van der Waals surface area contributed by atoms with Gasteiger partial charge in [-0.15, -0.1) is 0 Å². The average Bonchev–Trinajstić information content (AvgIpc) is 3.38. The van der Waals surface area contributed by atoms with E-state index < -0.39 is 15.6 Å². The molecule has 0 atom stereocenters. The molecule has 0 spiro atoms. The van der Waals surface area contributed by atoms with Crippen LogP contribution in [0.15, 0.2) is 50.4 Å². The van der Waals surface area contributed by atoms with Crippen LogP contribution in [-0.4, -0.2) is 74.8 Å². The zero-order chi connectivity index (χ0) is 24.3. The van der Waals surface area contributed by atoms with Crippen molar-refractivity contribution in [3.8, 4) is 0 Å². The predicted molar refractivity (Wildman–Crippen MR) is 130 cm³/mol. The number of rotatable bonds is 6. The second-order valence-corrected chi connectivity index (χ2v) is 11.2. The summed E-state index contributed by atoms with van der Waals surface area (Å²) in [4.78, 5) is 29.8. The Balaban J connectivity index is 1.52. The Labute approximate surface area is 208 Å². The Bertz CT molecular complexity index is 1140. The van der Waals surface area contributed by atoms with E-state index in [4.69, 9.17) is 4.42 Å². The monoisotopic (exact) mass is 552 g/mol. The lowest BCUT2D eigenvalue weighted by Crippen LogP contribution is -2.65. The lowest BCUT2D eigenvalue weighted by atomic mass is 9.87. The van der Waals surface area contributed by atoms with Gasteiger partial charge in [-0.25, -0.2) is 8.42 Å². The number of hydrogen-bond donors (Lipinski definition) is 2. The smallest absolute Gasteiger partial charge is 0.289 e. The quantitative estimate of drug-likeness (QED) is 0.566. The molecule has 2 aliphatic rings. The van der Waals surface area contributed by atoms with Gasteiger partial charge in [-0.3, -0.25) is 9.59 Å². The van der Waals surface area contributed by atoms with Crippen LogP contribution in [0, 0.1) is 0 Å². The van der Waals surface area contributed by atoms with Gasteiger partial charge < -0.3 is 19.5 Å². The molecule has 34 heavy (non-hydrogen) atoms. The van der Waals surface area contributed by atoms with Gasteiger partial charge in [-0.05, 0) is 68.2 Å². The molecule has 0 bridgehead atoms. The minimum atomic E-state index is -3.94. The Morgan fingerprint density at radius 1 is 1.12 bits per heavy atom. The van der Waals surface area contributed by atoms with Crippen molar-refractivity contribution in [3.63, 3.8) is 0 Å². The topological polar surface area (TPSA) is 112 Å². The number of nitrogens with one attached hydrogen (secondary N) is 2. The van der Waals surface area contributed by atoms with Crippen LogP contribution in [0.1, 0.15) is 35.9 Å². The van der Waals surface area contributed by atoms with Crippen molar-refractivity contribution in [1.29, 1.82) is 0 Å².